The van der Waals surface area contributed by atoms with Gasteiger partial charge in [-0.25, -0.2) is 18.7 Å². The Hall–Kier alpha value is -3.49. The lowest BCUT2D eigenvalue weighted by Gasteiger charge is -2.31. The van der Waals surface area contributed by atoms with Crippen molar-refractivity contribution in [2.24, 2.45) is 12.5 Å². The number of aryl methyl sites for hydroxylation is 1. The first kappa shape index (κ1) is 20.8. The van der Waals surface area contributed by atoms with Gasteiger partial charge in [0.05, 0.1) is 17.3 Å². The molecule has 3 aromatic heterocycles. The Morgan fingerprint density at radius 3 is 2.68 bits per heavy atom. The van der Waals surface area contributed by atoms with E-state index < -0.39 is 23.6 Å². The zero-order valence-electron chi connectivity index (χ0n) is 17.6. The van der Waals surface area contributed by atoms with Crippen LogP contribution in [0.5, 0.6) is 0 Å². The lowest BCUT2D eigenvalue weighted by molar-refractivity contribution is -0.137. The van der Waals surface area contributed by atoms with Crippen molar-refractivity contribution in [3.05, 3.63) is 42.2 Å². The van der Waals surface area contributed by atoms with Crippen LogP contribution in [0, 0.1) is 17.0 Å². The van der Waals surface area contributed by atoms with Crippen LogP contribution in [0.3, 0.4) is 0 Å². The third kappa shape index (κ3) is 3.83. The van der Waals surface area contributed by atoms with Crippen LogP contribution in [0.15, 0.2) is 30.6 Å². The predicted molar refractivity (Wildman–Crippen MR) is 115 cm³/mol. The molecule has 162 valence electrons. The number of anilines is 1. The van der Waals surface area contributed by atoms with Crippen molar-refractivity contribution >= 4 is 33.7 Å². The standard InChI is InChI=1S/C22H23F2N5O2/c1-22(2,3)16(9-17(30)31)26-19-12-5-6-29(4)21(12)28-20(27-19)14-10-25-18-13(14)7-11(23)8-15(18)24/h5-8,10,16,25H,9H2,1-4H3,(H,30,31)(H,26,27,28)/t16-/m1/s1. The Labute approximate surface area is 177 Å². The number of aromatic nitrogens is 4. The van der Waals surface area contributed by atoms with Crippen molar-refractivity contribution in [3.63, 3.8) is 0 Å². The van der Waals surface area contributed by atoms with Crippen LogP contribution in [0.2, 0.25) is 0 Å². The van der Waals surface area contributed by atoms with Gasteiger partial charge in [-0.05, 0) is 17.5 Å². The SMILES string of the molecule is Cn1ccc2c(N[C@H](CC(=O)O)C(C)(C)C)nc(-c3c[nH]c4c(F)cc(F)cc34)nc21. The van der Waals surface area contributed by atoms with Crippen LogP contribution in [0.1, 0.15) is 27.2 Å². The topological polar surface area (TPSA) is 95.8 Å². The third-order valence-electron chi connectivity index (χ3n) is 5.41. The minimum Gasteiger partial charge on any atom is -0.481 e. The maximum atomic E-state index is 14.2. The van der Waals surface area contributed by atoms with Gasteiger partial charge >= 0.3 is 5.97 Å². The highest BCUT2D eigenvalue weighted by Crippen LogP contribution is 2.33. The van der Waals surface area contributed by atoms with E-state index in [1.54, 1.807) is 6.20 Å². The number of rotatable bonds is 5. The van der Waals surface area contributed by atoms with E-state index in [-0.39, 0.29) is 23.2 Å². The van der Waals surface area contributed by atoms with Gasteiger partial charge < -0.3 is 20.0 Å². The highest BCUT2D eigenvalue weighted by molar-refractivity contribution is 5.96. The lowest BCUT2D eigenvalue weighted by atomic mass is 9.84. The Bertz CT molecular complexity index is 1300. The Balaban J connectivity index is 1.90. The molecule has 0 bridgehead atoms. The van der Waals surface area contributed by atoms with E-state index in [1.807, 2.05) is 44.6 Å². The Morgan fingerprint density at radius 2 is 2.00 bits per heavy atom. The van der Waals surface area contributed by atoms with Crippen LogP contribution < -0.4 is 5.32 Å². The van der Waals surface area contributed by atoms with Crippen LogP contribution in [0.4, 0.5) is 14.6 Å². The van der Waals surface area contributed by atoms with Crippen molar-refractivity contribution in [1.82, 2.24) is 19.5 Å². The summed E-state index contributed by atoms with van der Waals surface area (Å²) >= 11 is 0. The fourth-order valence-corrected chi connectivity index (χ4v) is 3.62. The molecule has 31 heavy (non-hydrogen) atoms. The maximum absolute atomic E-state index is 14.2. The number of aromatic amines is 1. The predicted octanol–water partition coefficient (Wildman–Crippen LogP) is 4.70. The number of carboxylic acid groups (broad SMARTS) is 1. The monoisotopic (exact) mass is 427 g/mol. The smallest absolute Gasteiger partial charge is 0.305 e. The number of halogens is 2. The maximum Gasteiger partial charge on any atom is 0.305 e. The third-order valence-corrected chi connectivity index (χ3v) is 5.41. The summed E-state index contributed by atoms with van der Waals surface area (Å²) in [6.07, 6.45) is 3.27. The number of nitrogens with one attached hydrogen (secondary N) is 2. The number of H-pyrrole nitrogens is 1. The van der Waals surface area contributed by atoms with Crippen molar-refractivity contribution in [2.45, 2.75) is 33.2 Å². The molecule has 0 aliphatic carbocycles. The molecule has 0 aliphatic rings. The normalized spacial score (nSPS) is 13.1. The second-order valence-electron chi connectivity index (χ2n) is 8.73. The van der Waals surface area contributed by atoms with Crippen molar-refractivity contribution in [2.75, 3.05) is 5.32 Å². The zero-order valence-corrected chi connectivity index (χ0v) is 17.6. The molecule has 3 heterocycles. The summed E-state index contributed by atoms with van der Waals surface area (Å²) in [7, 11) is 1.83. The fourth-order valence-electron chi connectivity index (χ4n) is 3.62. The van der Waals surface area contributed by atoms with Gasteiger partial charge in [-0.3, -0.25) is 4.79 Å². The molecule has 0 amide bonds. The van der Waals surface area contributed by atoms with Gasteiger partial charge in [-0.1, -0.05) is 20.8 Å². The summed E-state index contributed by atoms with van der Waals surface area (Å²) in [6.45, 7) is 5.84. The molecule has 4 rings (SSSR count). The molecule has 0 fully saturated rings. The molecule has 0 aliphatic heterocycles. The van der Waals surface area contributed by atoms with Crippen molar-refractivity contribution < 1.29 is 18.7 Å². The highest BCUT2D eigenvalue weighted by atomic mass is 19.1. The van der Waals surface area contributed by atoms with Gasteiger partial charge in [0, 0.05) is 42.5 Å². The van der Waals surface area contributed by atoms with Crippen LogP contribution in [-0.2, 0) is 11.8 Å². The van der Waals surface area contributed by atoms with Gasteiger partial charge in [-0.2, -0.15) is 0 Å². The molecule has 0 saturated heterocycles. The fraction of sp³-hybridized carbons (Fsp3) is 0.318. The number of carboxylic acids is 1. The quantitative estimate of drug-likeness (QED) is 0.429. The summed E-state index contributed by atoms with van der Waals surface area (Å²) in [6, 6.07) is 3.49. The molecule has 0 unspecified atom stereocenters. The van der Waals surface area contributed by atoms with Gasteiger partial charge in [0.15, 0.2) is 5.82 Å². The molecule has 7 nitrogen and oxygen atoms in total. The molecule has 0 saturated carbocycles. The molecule has 3 N–H and O–H groups in total. The van der Waals surface area contributed by atoms with E-state index in [4.69, 9.17) is 0 Å². The number of carbonyl (C=O) groups is 1. The van der Waals surface area contributed by atoms with Crippen molar-refractivity contribution in [3.8, 4) is 11.4 Å². The largest absolute Gasteiger partial charge is 0.481 e. The molecular formula is C22H23F2N5O2. The Kier molecular flexibility index (Phi) is 4.91. The minimum absolute atomic E-state index is 0.0966. The first-order chi connectivity index (χ1) is 14.5. The first-order valence-corrected chi connectivity index (χ1v) is 9.82. The zero-order chi connectivity index (χ0) is 22.5. The molecule has 9 heteroatoms. The molecule has 1 aromatic carbocycles. The average molecular weight is 427 g/mol. The van der Waals surface area contributed by atoms with Gasteiger partial charge in [0.1, 0.15) is 23.1 Å². The van der Waals surface area contributed by atoms with E-state index in [2.05, 4.69) is 20.3 Å². The molecule has 0 spiro atoms. The van der Waals surface area contributed by atoms with Crippen LogP contribution in [-0.4, -0.2) is 36.6 Å². The van der Waals surface area contributed by atoms with E-state index in [0.717, 1.165) is 11.5 Å². The number of hydrogen-bond donors (Lipinski definition) is 3. The average Bonchev–Trinajstić information content (AvgIpc) is 3.24. The van der Waals surface area contributed by atoms with Gasteiger partial charge in [0.25, 0.3) is 0 Å². The number of aliphatic carboxylic acids is 1. The summed E-state index contributed by atoms with van der Waals surface area (Å²) in [5.74, 6) is -1.58. The van der Waals surface area contributed by atoms with Gasteiger partial charge in [0.2, 0.25) is 0 Å². The number of nitrogens with zero attached hydrogens (tertiary/aromatic N) is 3. The summed E-state index contributed by atoms with van der Waals surface area (Å²) in [5.41, 5.74) is 0.865. The lowest BCUT2D eigenvalue weighted by Crippen LogP contribution is -2.36. The second-order valence-corrected chi connectivity index (χ2v) is 8.73. The van der Waals surface area contributed by atoms with Crippen molar-refractivity contribution in [1.29, 1.82) is 0 Å². The van der Waals surface area contributed by atoms with E-state index >= 15 is 0 Å². The van der Waals surface area contributed by atoms with Gasteiger partial charge in [-0.15, -0.1) is 0 Å². The van der Waals surface area contributed by atoms with Crippen LogP contribution in [0.25, 0.3) is 33.3 Å². The molecular weight excluding hydrogens is 404 g/mol. The minimum atomic E-state index is -0.923. The summed E-state index contributed by atoms with van der Waals surface area (Å²) in [4.78, 5) is 23.5. The number of benzene rings is 1. The molecule has 4 aromatic rings. The van der Waals surface area contributed by atoms with Crippen LogP contribution >= 0.6 is 0 Å². The second kappa shape index (κ2) is 7.33. The molecule has 0 radical (unpaired) electrons. The van der Waals surface area contributed by atoms with E-state index in [1.165, 1.54) is 6.07 Å². The summed E-state index contributed by atoms with van der Waals surface area (Å²) in [5, 5.41) is 13.7. The highest BCUT2D eigenvalue weighted by Gasteiger charge is 2.28. The van der Waals surface area contributed by atoms with E-state index in [0.29, 0.717) is 22.4 Å². The molecule has 1 atom stereocenters. The Morgan fingerprint density at radius 1 is 1.26 bits per heavy atom. The number of hydrogen-bond acceptors (Lipinski definition) is 4. The van der Waals surface area contributed by atoms with E-state index in [9.17, 15) is 18.7 Å². The first-order valence-electron chi connectivity index (χ1n) is 9.82. The number of fused-ring (bicyclic) bond motifs is 2. The summed E-state index contributed by atoms with van der Waals surface area (Å²) < 4.78 is 29.8.